The lowest BCUT2D eigenvalue weighted by Gasteiger charge is -2.11. The Balaban J connectivity index is 1.88. The van der Waals surface area contributed by atoms with Gasteiger partial charge < -0.3 is 9.73 Å². The molecule has 0 aliphatic rings. The third kappa shape index (κ3) is 3.75. The number of hydrogen-bond acceptors (Lipinski definition) is 5. The smallest absolute Gasteiger partial charge is 0.336 e. The van der Waals surface area contributed by atoms with Crippen molar-refractivity contribution in [2.75, 3.05) is 5.32 Å². The fraction of sp³-hybridized carbons (Fsp3) is 0.111. The number of benzene rings is 2. The molecule has 3 rings (SSSR count). The normalized spacial score (nSPS) is 11.3. The van der Waals surface area contributed by atoms with Crippen LogP contribution in [0.3, 0.4) is 0 Å². The monoisotopic (exact) mass is 372 g/mol. The van der Waals surface area contributed by atoms with Crippen molar-refractivity contribution >= 4 is 32.7 Å². The van der Waals surface area contributed by atoms with Gasteiger partial charge in [0.2, 0.25) is 0 Å². The molecule has 0 aliphatic carbocycles. The number of sulfonamides is 1. The highest BCUT2D eigenvalue weighted by molar-refractivity contribution is 7.90. The number of carbonyl (C=O) groups excluding carboxylic acids is 1. The molecule has 2 N–H and O–H groups in total. The van der Waals surface area contributed by atoms with Gasteiger partial charge >= 0.3 is 11.7 Å². The lowest BCUT2D eigenvalue weighted by Crippen LogP contribution is -2.34. The van der Waals surface area contributed by atoms with Gasteiger partial charge in [0.05, 0.1) is 4.90 Å². The molecule has 0 atom stereocenters. The fourth-order valence-electron chi connectivity index (χ4n) is 2.47. The third-order valence-electron chi connectivity index (χ3n) is 3.74. The third-order valence-corrected chi connectivity index (χ3v) is 5.22. The predicted octanol–water partition coefficient (Wildman–Crippen LogP) is 2.92. The summed E-state index contributed by atoms with van der Waals surface area (Å²) in [5, 5.41) is 3.05. The van der Waals surface area contributed by atoms with Crippen LogP contribution < -0.4 is 15.7 Å². The fourth-order valence-corrected chi connectivity index (χ4v) is 3.62. The summed E-state index contributed by atoms with van der Waals surface area (Å²) in [5.41, 5.74) is 1.43. The molecule has 26 heavy (non-hydrogen) atoms. The van der Waals surface area contributed by atoms with E-state index in [4.69, 9.17) is 4.42 Å². The van der Waals surface area contributed by atoms with Crippen molar-refractivity contribution in [1.82, 2.24) is 4.72 Å². The van der Waals surface area contributed by atoms with E-state index in [0.29, 0.717) is 16.6 Å². The average Bonchev–Trinajstić information content (AvgIpc) is 2.56. The molecule has 2 amide bonds. The molecule has 8 heteroatoms. The standard InChI is InChI=1S/C18H16N2O5S/c1-11-3-6-14(7-4-11)19-18(22)20-26(23,24)16-10-15-13(9-12(16)2)5-8-17(21)25-15/h3-10H,1-2H3,(H2,19,20,22). The van der Waals surface area contributed by atoms with E-state index < -0.39 is 21.7 Å². The van der Waals surface area contributed by atoms with Gasteiger partial charge in [0.25, 0.3) is 10.0 Å². The lowest BCUT2D eigenvalue weighted by atomic mass is 10.1. The number of urea groups is 1. The maximum atomic E-state index is 12.5. The van der Waals surface area contributed by atoms with Crippen molar-refractivity contribution in [3.63, 3.8) is 0 Å². The summed E-state index contributed by atoms with van der Waals surface area (Å²) >= 11 is 0. The Labute approximate surface area is 149 Å². The summed E-state index contributed by atoms with van der Waals surface area (Å²) < 4.78 is 32.1. The van der Waals surface area contributed by atoms with Crippen LogP contribution in [0.25, 0.3) is 11.0 Å². The van der Waals surface area contributed by atoms with Gasteiger partial charge in [-0.1, -0.05) is 17.7 Å². The van der Waals surface area contributed by atoms with Crippen LogP contribution in [0.4, 0.5) is 10.5 Å². The number of amides is 2. The van der Waals surface area contributed by atoms with E-state index in [2.05, 4.69) is 5.32 Å². The van der Waals surface area contributed by atoms with Crippen LogP contribution in [-0.2, 0) is 10.0 Å². The van der Waals surface area contributed by atoms with Gasteiger partial charge in [-0.3, -0.25) is 0 Å². The van der Waals surface area contributed by atoms with Crippen molar-refractivity contribution in [1.29, 1.82) is 0 Å². The van der Waals surface area contributed by atoms with E-state index >= 15 is 0 Å². The predicted molar refractivity (Wildman–Crippen MR) is 97.7 cm³/mol. The largest absolute Gasteiger partial charge is 0.423 e. The van der Waals surface area contributed by atoms with E-state index in [0.717, 1.165) is 5.56 Å². The van der Waals surface area contributed by atoms with Crippen LogP contribution in [0, 0.1) is 13.8 Å². The molecule has 0 bridgehead atoms. The van der Waals surface area contributed by atoms with Gasteiger partial charge in [-0.2, -0.15) is 0 Å². The zero-order chi connectivity index (χ0) is 18.9. The molecular weight excluding hydrogens is 356 g/mol. The zero-order valence-electron chi connectivity index (χ0n) is 14.1. The summed E-state index contributed by atoms with van der Waals surface area (Å²) in [7, 11) is -4.15. The average molecular weight is 372 g/mol. The van der Waals surface area contributed by atoms with E-state index in [1.54, 1.807) is 43.3 Å². The maximum absolute atomic E-state index is 12.5. The van der Waals surface area contributed by atoms with Gasteiger partial charge in [-0.15, -0.1) is 0 Å². The first-order chi connectivity index (χ1) is 12.2. The SMILES string of the molecule is Cc1ccc(NC(=O)NS(=O)(=O)c2cc3oc(=O)ccc3cc2C)cc1. The molecular formula is C18H16N2O5S. The number of anilines is 1. The Morgan fingerprint density at radius 2 is 1.69 bits per heavy atom. The van der Waals surface area contributed by atoms with Gasteiger partial charge in [-0.25, -0.2) is 22.7 Å². The number of rotatable bonds is 3. The van der Waals surface area contributed by atoms with Crippen LogP contribution in [0.2, 0.25) is 0 Å². The van der Waals surface area contributed by atoms with Crippen molar-refractivity contribution in [2.45, 2.75) is 18.7 Å². The minimum absolute atomic E-state index is 0.127. The Morgan fingerprint density at radius 3 is 2.38 bits per heavy atom. The Kier molecular flexibility index (Phi) is 4.52. The Bertz CT molecular complexity index is 1150. The quantitative estimate of drug-likeness (QED) is 0.688. The van der Waals surface area contributed by atoms with Crippen molar-refractivity contribution in [2.24, 2.45) is 0 Å². The van der Waals surface area contributed by atoms with Crippen LogP contribution in [-0.4, -0.2) is 14.4 Å². The second kappa shape index (κ2) is 6.64. The highest BCUT2D eigenvalue weighted by Crippen LogP contribution is 2.22. The molecule has 7 nitrogen and oxygen atoms in total. The first-order valence-electron chi connectivity index (χ1n) is 7.69. The molecule has 3 aromatic rings. The van der Waals surface area contributed by atoms with E-state index in [1.807, 2.05) is 11.6 Å². The van der Waals surface area contributed by atoms with Crippen molar-refractivity contribution in [3.05, 3.63) is 70.1 Å². The second-order valence-corrected chi connectivity index (χ2v) is 7.49. The Morgan fingerprint density at radius 1 is 1.00 bits per heavy atom. The molecule has 1 heterocycles. The molecule has 0 unspecified atom stereocenters. The van der Waals surface area contributed by atoms with E-state index in [-0.39, 0.29) is 10.5 Å². The van der Waals surface area contributed by atoms with Gasteiger partial charge in [-0.05, 0) is 43.7 Å². The summed E-state index contributed by atoms with van der Waals surface area (Å²) in [4.78, 5) is 23.2. The number of fused-ring (bicyclic) bond motifs is 1. The van der Waals surface area contributed by atoms with Gasteiger partial charge in [0, 0.05) is 23.2 Å². The van der Waals surface area contributed by atoms with Gasteiger partial charge in [0.1, 0.15) is 5.58 Å². The van der Waals surface area contributed by atoms with Crippen molar-refractivity contribution < 1.29 is 17.6 Å². The summed E-state index contributed by atoms with van der Waals surface area (Å²) in [6, 6.07) is 11.6. The number of carbonyl (C=O) groups is 1. The topological polar surface area (TPSA) is 105 Å². The molecule has 0 radical (unpaired) electrons. The first kappa shape index (κ1) is 17.7. The molecule has 0 saturated carbocycles. The number of aryl methyl sites for hydroxylation is 2. The molecule has 1 aromatic heterocycles. The zero-order valence-corrected chi connectivity index (χ0v) is 14.9. The maximum Gasteiger partial charge on any atom is 0.336 e. The number of hydrogen-bond donors (Lipinski definition) is 2. The van der Waals surface area contributed by atoms with Crippen LogP contribution in [0.5, 0.6) is 0 Å². The first-order valence-corrected chi connectivity index (χ1v) is 9.18. The minimum Gasteiger partial charge on any atom is -0.423 e. The molecule has 2 aromatic carbocycles. The second-order valence-electron chi connectivity index (χ2n) is 5.84. The molecule has 0 fully saturated rings. The molecule has 134 valence electrons. The molecule has 0 saturated heterocycles. The lowest BCUT2D eigenvalue weighted by molar-refractivity contribution is 0.256. The van der Waals surface area contributed by atoms with Crippen LogP contribution in [0.1, 0.15) is 11.1 Å². The highest BCUT2D eigenvalue weighted by atomic mass is 32.2. The van der Waals surface area contributed by atoms with Crippen LogP contribution >= 0.6 is 0 Å². The number of nitrogens with one attached hydrogen (secondary N) is 2. The molecule has 0 spiro atoms. The molecule has 0 aliphatic heterocycles. The van der Waals surface area contributed by atoms with E-state index in [9.17, 15) is 18.0 Å². The Hall–Kier alpha value is -3.13. The van der Waals surface area contributed by atoms with E-state index in [1.165, 1.54) is 12.1 Å². The summed E-state index contributed by atoms with van der Waals surface area (Å²) in [6.45, 7) is 3.49. The van der Waals surface area contributed by atoms with Crippen LogP contribution in [0.15, 0.2) is 62.6 Å². The van der Waals surface area contributed by atoms with Gasteiger partial charge in [0.15, 0.2) is 0 Å². The van der Waals surface area contributed by atoms with Crippen molar-refractivity contribution in [3.8, 4) is 0 Å². The summed E-state index contributed by atoms with van der Waals surface area (Å²) in [6.07, 6.45) is 0. The highest BCUT2D eigenvalue weighted by Gasteiger charge is 2.21. The summed E-state index contributed by atoms with van der Waals surface area (Å²) in [5.74, 6) is 0. The minimum atomic E-state index is -4.15.